The highest BCUT2D eigenvalue weighted by molar-refractivity contribution is 5.58. The van der Waals surface area contributed by atoms with Gasteiger partial charge < -0.3 is 10.2 Å². The lowest BCUT2D eigenvalue weighted by Crippen LogP contribution is -2.20. The quantitative estimate of drug-likeness (QED) is 0.845. The molecule has 1 N–H and O–H groups in total. The largest absolute Gasteiger partial charge is 0.374 e. The molecule has 1 aromatic carbocycles. The molecule has 0 aliphatic carbocycles. The van der Waals surface area contributed by atoms with Gasteiger partial charge in [-0.1, -0.05) is 12.1 Å². The van der Waals surface area contributed by atoms with Gasteiger partial charge in [0, 0.05) is 25.8 Å². The van der Waals surface area contributed by atoms with Crippen LogP contribution in [-0.4, -0.2) is 26.6 Å². The molecule has 0 bridgehead atoms. The van der Waals surface area contributed by atoms with Crippen LogP contribution in [0, 0.1) is 0 Å². The molecule has 1 aliphatic heterocycles. The third-order valence-electron chi connectivity index (χ3n) is 2.90. The summed E-state index contributed by atoms with van der Waals surface area (Å²) >= 11 is 0. The van der Waals surface area contributed by atoms with Crippen LogP contribution in [0.5, 0.6) is 0 Å². The van der Waals surface area contributed by atoms with Gasteiger partial charge in [0.25, 0.3) is 6.43 Å². The van der Waals surface area contributed by atoms with Gasteiger partial charge in [-0.05, 0) is 23.6 Å². The minimum Gasteiger partial charge on any atom is -0.374 e. The number of hydrogen-bond acceptors (Lipinski definition) is 2. The smallest absolute Gasteiger partial charge is 0.250 e. The topological polar surface area (TPSA) is 15.3 Å². The van der Waals surface area contributed by atoms with Crippen molar-refractivity contribution in [2.45, 2.75) is 19.4 Å². The minimum absolute atomic E-state index is 0.239. The molecular weight excluding hydrogens is 210 g/mol. The standard InChI is InChI=1S/C12H16F2N2/c1-16-5-4-10-6-9(2-3-11(10)16)7-15-8-12(13)14/h2-3,6,12,15H,4-5,7-8H2,1H3. The summed E-state index contributed by atoms with van der Waals surface area (Å²) in [6, 6.07) is 6.18. The highest BCUT2D eigenvalue weighted by atomic mass is 19.3. The van der Waals surface area contributed by atoms with Crippen LogP contribution < -0.4 is 10.2 Å². The number of rotatable bonds is 4. The predicted octanol–water partition coefficient (Wildman–Crippen LogP) is 2.03. The van der Waals surface area contributed by atoms with E-state index in [1.165, 1.54) is 11.3 Å². The number of hydrogen-bond donors (Lipinski definition) is 1. The summed E-state index contributed by atoms with van der Waals surface area (Å²) in [5, 5.41) is 2.74. The minimum atomic E-state index is -2.28. The molecule has 0 atom stereocenters. The Morgan fingerprint density at radius 3 is 3.00 bits per heavy atom. The average molecular weight is 226 g/mol. The van der Waals surface area contributed by atoms with Crippen molar-refractivity contribution in [3.8, 4) is 0 Å². The van der Waals surface area contributed by atoms with E-state index < -0.39 is 6.43 Å². The Balaban J connectivity index is 1.97. The van der Waals surface area contributed by atoms with Gasteiger partial charge in [-0.25, -0.2) is 8.78 Å². The molecule has 16 heavy (non-hydrogen) atoms. The summed E-state index contributed by atoms with van der Waals surface area (Å²) in [5.74, 6) is 0. The van der Waals surface area contributed by atoms with E-state index in [4.69, 9.17) is 0 Å². The molecule has 0 unspecified atom stereocenters. The number of anilines is 1. The normalized spacial score (nSPS) is 14.6. The zero-order valence-electron chi connectivity index (χ0n) is 9.34. The summed E-state index contributed by atoms with van der Waals surface area (Å²) in [7, 11) is 2.07. The van der Waals surface area contributed by atoms with E-state index in [9.17, 15) is 8.78 Å². The lowest BCUT2D eigenvalue weighted by Gasteiger charge is -2.12. The van der Waals surface area contributed by atoms with E-state index in [2.05, 4.69) is 29.4 Å². The maximum absolute atomic E-state index is 11.9. The van der Waals surface area contributed by atoms with Gasteiger partial charge in [-0.2, -0.15) is 0 Å². The van der Waals surface area contributed by atoms with Gasteiger partial charge in [-0.3, -0.25) is 0 Å². The molecule has 0 spiro atoms. The van der Waals surface area contributed by atoms with Crippen molar-refractivity contribution in [1.29, 1.82) is 0 Å². The molecule has 0 saturated carbocycles. The molecule has 0 fully saturated rings. The lowest BCUT2D eigenvalue weighted by molar-refractivity contribution is 0.145. The third kappa shape index (κ3) is 2.50. The SMILES string of the molecule is CN1CCc2cc(CNCC(F)F)ccc21. The number of fused-ring (bicyclic) bond motifs is 1. The van der Waals surface area contributed by atoms with Crippen LogP contribution in [0.3, 0.4) is 0 Å². The van der Waals surface area contributed by atoms with Gasteiger partial charge in [0.1, 0.15) is 0 Å². The van der Waals surface area contributed by atoms with Crippen molar-refractivity contribution in [2.75, 3.05) is 25.0 Å². The molecule has 0 radical (unpaired) electrons. The van der Waals surface area contributed by atoms with Gasteiger partial charge in [-0.15, -0.1) is 0 Å². The van der Waals surface area contributed by atoms with Crippen molar-refractivity contribution in [1.82, 2.24) is 5.32 Å². The molecule has 0 amide bonds. The molecule has 2 rings (SSSR count). The zero-order chi connectivity index (χ0) is 11.5. The van der Waals surface area contributed by atoms with E-state index >= 15 is 0 Å². The summed E-state index contributed by atoms with van der Waals surface area (Å²) in [6.45, 7) is 1.32. The average Bonchev–Trinajstić information content (AvgIpc) is 2.60. The first kappa shape index (κ1) is 11.3. The second-order valence-electron chi connectivity index (χ2n) is 4.16. The van der Waals surface area contributed by atoms with E-state index in [0.717, 1.165) is 18.5 Å². The molecule has 1 aromatic rings. The first-order valence-electron chi connectivity index (χ1n) is 5.48. The van der Waals surface area contributed by atoms with Gasteiger partial charge >= 0.3 is 0 Å². The third-order valence-corrected chi connectivity index (χ3v) is 2.90. The highest BCUT2D eigenvalue weighted by Crippen LogP contribution is 2.27. The van der Waals surface area contributed by atoms with Crippen molar-refractivity contribution >= 4 is 5.69 Å². The Bertz CT molecular complexity index is 366. The van der Waals surface area contributed by atoms with Crippen molar-refractivity contribution in [2.24, 2.45) is 0 Å². The highest BCUT2D eigenvalue weighted by Gasteiger charge is 2.15. The van der Waals surface area contributed by atoms with Crippen molar-refractivity contribution in [3.05, 3.63) is 29.3 Å². The van der Waals surface area contributed by atoms with E-state index in [1.54, 1.807) is 0 Å². The van der Waals surface area contributed by atoms with Crippen LogP contribution in [0.25, 0.3) is 0 Å². The number of nitrogens with one attached hydrogen (secondary N) is 1. The Morgan fingerprint density at radius 1 is 1.44 bits per heavy atom. The Morgan fingerprint density at radius 2 is 2.25 bits per heavy atom. The molecule has 1 heterocycles. The molecule has 88 valence electrons. The van der Waals surface area contributed by atoms with Crippen LogP contribution in [0.1, 0.15) is 11.1 Å². The van der Waals surface area contributed by atoms with E-state index in [1.807, 2.05) is 6.07 Å². The fourth-order valence-electron chi connectivity index (χ4n) is 2.06. The molecule has 1 aliphatic rings. The van der Waals surface area contributed by atoms with Gasteiger partial charge in [0.15, 0.2) is 0 Å². The van der Waals surface area contributed by atoms with Crippen LogP contribution in [0.15, 0.2) is 18.2 Å². The number of alkyl halides is 2. The Labute approximate surface area is 94.3 Å². The summed E-state index contributed by atoms with van der Waals surface area (Å²) in [4.78, 5) is 2.21. The second-order valence-corrected chi connectivity index (χ2v) is 4.16. The van der Waals surface area contributed by atoms with E-state index in [-0.39, 0.29) is 6.54 Å². The van der Waals surface area contributed by atoms with Crippen LogP contribution in [-0.2, 0) is 13.0 Å². The van der Waals surface area contributed by atoms with Crippen molar-refractivity contribution in [3.63, 3.8) is 0 Å². The van der Waals surface area contributed by atoms with Crippen LogP contribution in [0.4, 0.5) is 14.5 Å². The molecule has 0 saturated heterocycles. The Hall–Kier alpha value is -1.16. The fraction of sp³-hybridized carbons (Fsp3) is 0.500. The summed E-state index contributed by atoms with van der Waals surface area (Å²) in [6.07, 6.45) is -1.23. The predicted molar refractivity (Wildman–Crippen MR) is 61.1 cm³/mol. The maximum Gasteiger partial charge on any atom is 0.250 e. The van der Waals surface area contributed by atoms with Gasteiger partial charge in [0.2, 0.25) is 0 Å². The molecule has 0 aromatic heterocycles. The zero-order valence-corrected chi connectivity index (χ0v) is 9.34. The molecule has 4 heteroatoms. The monoisotopic (exact) mass is 226 g/mol. The number of benzene rings is 1. The first-order valence-corrected chi connectivity index (χ1v) is 5.48. The number of likely N-dealkylation sites (N-methyl/N-ethyl adjacent to an activating group) is 1. The number of halogens is 2. The van der Waals surface area contributed by atoms with Crippen LogP contribution in [0.2, 0.25) is 0 Å². The second kappa shape index (κ2) is 4.78. The fourth-order valence-corrected chi connectivity index (χ4v) is 2.06. The van der Waals surface area contributed by atoms with Crippen molar-refractivity contribution < 1.29 is 8.78 Å². The summed E-state index contributed by atoms with van der Waals surface area (Å²) < 4.78 is 23.9. The number of nitrogens with zero attached hydrogens (tertiary/aromatic N) is 1. The Kier molecular flexibility index (Phi) is 3.39. The maximum atomic E-state index is 11.9. The first-order chi connectivity index (χ1) is 7.66. The van der Waals surface area contributed by atoms with Gasteiger partial charge in [0.05, 0.1) is 6.54 Å². The molecular formula is C12H16F2N2. The van der Waals surface area contributed by atoms with E-state index in [0.29, 0.717) is 6.54 Å². The van der Waals surface area contributed by atoms with Crippen LogP contribution >= 0.6 is 0 Å². The molecule has 2 nitrogen and oxygen atoms in total. The lowest BCUT2D eigenvalue weighted by atomic mass is 10.1. The summed E-state index contributed by atoms with van der Waals surface area (Å²) in [5.41, 5.74) is 3.66.